The Morgan fingerprint density at radius 1 is 1.04 bits per heavy atom. The summed E-state index contributed by atoms with van der Waals surface area (Å²) < 4.78 is 5.79. The van der Waals surface area contributed by atoms with Gasteiger partial charge in [0.05, 0.1) is 6.54 Å². The first kappa shape index (κ1) is 19.0. The van der Waals surface area contributed by atoms with Gasteiger partial charge in [-0.05, 0) is 49.1 Å². The number of ether oxygens (including phenoxy) is 1. The van der Waals surface area contributed by atoms with Gasteiger partial charge in [-0.15, -0.1) is 0 Å². The van der Waals surface area contributed by atoms with E-state index in [1.807, 2.05) is 63.2 Å². The van der Waals surface area contributed by atoms with Gasteiger partial charge in [-0.1, -0.05) is 49.7 Å². The van der Waals surface area contributed by atoms with Crippen LogP contribution in [0.4, 0.5) is 4.79 Å². The van der Waals surface area contributed by atoms with Gasteiger partial charge in [0.25, 0.3) is 5.91 Å². The maximum atomic E-state index is 13.2. The van der Waals surface area contributed by atoms with Crippen LogP contribution in [0.2, 0.25) is 0 Å². The number of hydrogen-bond acceptors (Lipinski definition) is 3. The monoisotopic (exact) mass is 366 g/mol. The van der Waals surface area contributed by atoms with Crippen LogP contribution < -0.4 is 10.1 Å². The molecule has 0 unspecified atom stereocenters. The summed E-state index contributed by atoms with van der Waals surface area (Å²) in [7, 11) is 0. The molecular weight excluding hydrogens is 340 g/mol. The van der Waals surface area contributed by atoms with Crippen molar-refractivity contribution in [2.24, 2.45) is 0 Å². The van der Waals surface area contributed by atoms with Gasteiger partial charge < -0.3 is 10.1 Å². The first-order valence-corrected chi connectivity index (χ1v) is 9.37. The third kappa shape index (κ3) is 3.82. The number of hydrogen-bond donors (Lipinski definition) is 1. The zero-order valence-electron chi connectivity index (χ0n) is 16.1. The van der Waals surface area contributed by atoms with E-state index in [0.717, 1.165) is 28.9 Å². The molecule has 1 aliphatic heterocycles. The van der Waals surface area contributed by atoms with Crippen LogP contribution in [0.5, 0.6) is 5.75 Å². The lowest BCUT2D eigenvalue weighted by atomic mass is 9.85. The molecule has 0 aromatic heterocycles. The summed E-state index contributed by atoms with van der Waals surface area (Å²) in [5.41, 5.74) is 2.08. The fourth-order valence-corrected chi connectivity index (χ4v) is 3.71. The van der Waals surface area contributed by atoms with Crippen LogP contribution in [0.25, 0.3) is 0 Å². The van der Waals surface area contributed by atoms with E-state index >= 15 is 0 Å². The normalized spacial score (nSPS) is 19.3. The Kier molecular flexibility index (Phi) is 5.49. The van der Waals surface area contributed by atoms with E-state index in [1.165, 1.54) is 4.90 Å². The van der Waals surface area contributed by atoms with Crippen molar-refractivity contribution in [1.82, 2.24) is 10.2 Å². The molecule has 0 radical (unpaired) electrons. The van der Waals surface area contributed by atoms with Crippen molar-refractivity contribution in [1.29, 1.82) is 0 Å². The van der Waals surface area contributed by atoms with Crippen LogP contribution in [0.3, 0.4) is 0 Å². The molecule has 0 saturated carbocycles. The smallest absolute Gasteiger partial charge is 0.325 e. The molecule has 0 spiro atoms. The molecule has 2 aromatic rings. The number of rotatable bonds is 7. The van der Waals surface area contributed by atoms with E-state index < -0.39 is 5.54 Å². The lowest BCUT2D eigenvalue weighted by Gasteiger charge is -2.27. The van der Waals surface area contributed by atoms with Crippen molar-refractivity contribution in [3.05, 3.63) is 65.2 Å². The molecule has 1 saturated heterocycles. The highest BCUT2D eigenvalue weighted by Crippen LogP contribution is 2.33. The van der Waals surface area contributed by atoms with Gasteiger partial charge in [-0.3, -0.25) is 9.69 Å². The fourth-order valence-electron chi connectivity index (χ4n) is 3.71. The molecular formula is C22H26N2O3. The highest BCUT2D eigenvalue weighted by molar-refractivity contribution is 6.07. The second-order valence-corrected chi connectivity index (χ2v) is 7.08. The van der Waals surface area contributed by atoms with Crippen molar-refractivity contribution in [3.8, 4) is 5.75 Å². The van der Waals surface area contributed by atoms with Crippen LogP contribution in [-0.4, -0.2) is 30.0 Å². The number of carbonyl (C=O) groups excluding carboxylic acids is 2. The Morgan fingerprint density at radius 3 is 2.33 bits per heavy atom. The van der Waals surface area contributed by atoms with E-state index in [9.17, 15) is 9.59 Å². The number of nitrogens with zero attached hydrogens (tertiary/aromatic N) is 1. The SMILES string of the molecule is CCC[C@@]1(c2ccccc2)NC(=O)N(CCOc2cc(C)cc(C)c2)C1=O. The highest BCUT2D eigenvalue weighted by atomic mass is 16.5. The van der Waals surface area contributed by atoms with Gasteiger partial charge in [-0.25, -0.2) is 4.79 Å². The molecule has 2 aromatic carbocycles. The van der Waals surface area contributed by atoms with Crippen molar-refractivity contribution in [2.75, 3.05) is 13.2 Å². The third-order valence-corrected chi connectivity index (χ3v) is 4.85. The zero-order chi connectivity index (χ0) is 19.4. The molecule has 5 nitrogen and oxygen atoms in total. The minimum absolute atomic E-state index is 0.204. The van der Waals surface area contributed by atoms with E-state index in [2.05, 4.69) is 11.4 Å². The van der Waals surface area contributed by atoms with Gasteiger partial charge in [0.15, 0.2) is 0 Å². The van der Waals surface area contributed by atoms with Gasteiger partial charge in [-0.2, -0.15) is 0 Å². The van der Waals surface area contributed by atoms with Crippen LogP contribution >= 0.6 is 0 Å². The number of urea groups is 1. The summed E-state index contributed by atoms with van der Waals surface area (Å²) in [5, 5.41) is 2.93. The van der Waals surface area contributed by atoms with Crippen molar-refractivity contribution in [3.63, 3.8) is 0 Å². The topological polar surface area (TPSA) is 58.6 Å². The summed E-state index contributed by atoms with van der Waals surface area (Å²) in [6.07, 6.45) is 1.35. The Bertz CT molecular complexity index is 814. The van der Waals surface area contributed by atoms with Gasteiger partial charge in [0, 0.05) is 0 Å². The van der Waals surface area contributed by atoms with Crippen LogP contribution in [0, 0.1) is 13.8 Å². The zero-order valence-corrected chi connectivity index (χ0v) is 16.1. The first-order chi connectivity index (χ1) is 13.0. The van der Waals surface area contributed by atoms with Crippen molar-refractivity contribution < 1.29 is 14.3 Å². The lowest BCUT2D eigenvalue weighted by molar-refractivity contribution is -0.132. The minimum Gasteiger partial charge on any atom is -0.492 e. The Hall–Kier alpha value is -2.82. The molecule has 5 heteroatoms. The summed E-state index contributed by atoms with van der Waals surface area (Å²) in [4.78, 5) is 27.0. The van der Waals surface area contributed by atoms with Gasteiger partial charge in [0.2, 0.25) is 0 Å². The summed E-state index contributed by atoms with van der Waals surface area (Å²) in [6.45, 7) is 6.51. The molecule has 1 aliphatic rings. The quantitative estimate of drug-likeness (QED) is 0.756. The predicted molar refractivity (Wildman–Crippen MR) is 105 cm³/mol. The van der Waals surface area contributed by atoms with Crippen LogP contribution in [0.15, 0.2) is 48.5 Å². The summed E-state index contributed by atoms with van der Waals surface area (Å²) in [5.74, 6) is 0.548. The molecule has 3 rings (SSSR count). The maximum Gasteiger partial charge on any atom is 0.325 e. The van der Waals surface area contributed by atoms with Gasteiger partial charge in [0.1, 0.15) is 17.9 Å². The number of aryl methyl sites for hydroxylation is 2. The summed E-state index contributed by atoms with van der Waals surface area (Å²) in [6, 6.07) is 15.1. The molecule has 1 fully saturated rings. The molecule has 1 N–H and O–H groups in total. The van der Waals surface area contributed by atoms with Crippen molar-refractivity contribution >= 4 is 11.9 Å². The van der Waals surface area contributed by atoms with E-state index in [1.54, 1.807) is 0 Å². The van der Waals surface area contributed by atoms with E-state index in [0.29, 0.717) is 6.42 Å². The second kappa shape index (κ2) is 7.82. The number of nitrogens with one attached hydrogen (secondary N) is 1. The van der Waals surface area contributed by atoms with Crippen molar-refractivity contribution in [2.45, 2.75) is 39.2 Å². The van der Waals surface area contributed by atoms with Crippen LogP contribution in [0.1, 0.15) is 36.5 Å². The average Bonchev–Trinajstić information content (AvgIpc) is 2.87. The minimum atomic E-state index is -0.979. The molecule has 142 valence electrons. The fraction of sp³-hybridized carbons (Fsp3) is 0.364. The number of carbonyl (C=O) groups is 2. The number of imide groups is 1. The average molecular weight is 366 g/mol. The molecule has 1 heterocycles. The van der Waals surface area contributed by atoms with Gasteiger partial charge >= 0.3 is 6.03 Å². The highest BCUT2D eigenvalue weighted by Gasteiger charge is 2.51. The largest absolute Gasteiger partial charge is 0.492 e. The standard InChI is InChI=1S/C22H26N2O3/c1-4-10-22(18-8-6-5-7-9-18)20(25)24(21(26)23-22)11-12-27-19-14-16(2)13-17(3)15-19/h5-9,13-15H,4,10-12H2,1-3H3,(H,23,26)/t22-/m0/s1. The Labute approximate surface area is 160 Å². The Morgan fingerprint density at radius 2 is 1.70 bits per heavy atom. The molecule has 3 amide bonds. The molecule has 1 atom stereocenters. The molecule has 27 heavy (non-hydrogen) atoms. The predicted octanol–water partition coefficient (Wildman–Crippen LogP) is 3.93. The van der Waals surface area contributed by atoms with E-state index in [4.69, 9.17) is 4.74 Å². The second-order valence-electron chi connectivity index (χ2n) is 7.08. The van der Waals surface area contributed by atoms with Crippen LogP contribution in [-0.2, 0) is 10.3 Å². The lowest BCUT2D eigenvalue weighted by Crippen LogP contribution is -2.44. The number of amides is 3. The van der Waals surface area contributed by atoms with E-state index in [-0.39, 0.29) is 25.1 Å². The maximum absolute atomic E-state index is 13.2. The first-order valence-electron chi connectivity index (χ1n) is 9.37. The summed E-state index contributed by atoms with van der Waals surface area (Å²) >= 11 is 0. The third-order valence-electron chi connectivity index (χ3n) is 4.85. The Balaban J connectivity index is 1.73. The number of benzene rings is 2. The molecule has 0 aliphatic carbocycles. The molecule has 0 bridgehead atoms.